The molecular weight excluding hydrogens is 216 g/mol. The molecule has 0 aromatic heterocycles. The average molecular weight is 232 g/mol. The van der Waals surface area contributed by atoms with Gasteiger partial charge in [-0.2, -0.15) is 0 Å². The fourth-order valence-electron chi connectivity index (χ4n) is 1.51. The van der Waals surface area contributed by atoms with Crippen molar-refractivity contribution in [1.29, 1.82) is 0 Å². The lowest BCUT2D eigenvalue weighted by atomic mass is 9.81. The summed E-state index contributed by atoms with van der Waals surface area (Å²) in [5, 5.41) is 21.3. The minimum atomic E-state index is -1.48. The first-order valence-electron chi connectivity index (χ1n) is 4.89. The molecule has 0 aliphatic rings. The van der Waals surface area contributed by atoms with E-state index < -0.39 is 33.1 Å². The van der Waals surface area contributed by atoms with Gasteiger partial charge in [0.25, 0.3) is 0 Å². The Hall–Kier alpha value is -1.53. The summed E-state index contributed by atoms with van der Waals surface area (Å²) in [6.45, 7) is 5.19. The van der Waals surface area contributed by atoms with Gasteiger partial charge in [-0.05, 0) is 6.92 Å². The van der Waals surface area contributed by atoms with Crippen LogP contribution in [0.4, 0.5) is 0 Å². The van der Waals surface area contributed by atoms with Gasteiger partial charge in [0.2, 0.25) is 11.6 Å². The van der Waals surface area contributed by atoms with Gasteiger partial charge in [0.1, 0.15) is 5.78 Å². The van der Waals surface area contributed by atoms with E-state index >= 15 is 0 Å². The zero-order valence-electron chi connectivity index (χ0n) is 9.80. The smallest absolute Gasteiger partial charge is 0.226 e. The molecule has 0 radical (unpaired) electrons. The second kappa shape index (κ2) is 5.00. The lowest BCUT2D eigenvalue weighted by Gasteiger charge is -2.24. The lowest BCUT2D eigenvalue weighted by Crippen LogP contribution is -2.45. The van der Waals surface area contributed by atoms with Crippen molar-refractivity contribution in [2.75, 3.05) is 0 Å². The second-order valence-electron chi connectivity index (χ2n) is 4.44. The SMILES string of the molecule is CC(=O)C(CC(C)[N+](=O)[O-])C(C)(C)[N+](=O)[O-]. The van der Waals surface area contributed by atoms with Crippen LogP contribution < -0.4 is 0 Å². The summed E-state index contributed by atoms with van der Waals surface area (Å²) in [6.07, 6.45) is -0.115. The molecule has 0 aliphatic carbocycles. The first-order valence-corrected chi connectivity index (χ1v) is 4.89. The lowest BCUT2D eigenvalue weighted by molar-refractivity contribution is -0.573. The molecule has 0 heterocycles. The number of nitro groups is 2. The minimum absolute atomic E-state index is 0.115. The highest BCUT2D eigenvalue weighted by Gasteiger charge is 2.45. The van der Waals surface area contributed by atoms with Crippen LogP contribution in [0.2, 0.25) is 0 Å². The monoisotopic (exact) mass is 232 g/mol. The molecule has 0 rings (SSSR count). The van der Waals surface area contributed by atoms with Crippen molar-refractivity contribution in [2.24, 2.45) is 5.92 Å². The largest absolute Gasteiger partial charge is 0.299 e. The van der Waals surface area contributed by atoms with Crippen molar-refractivity contribution in [1.82, 2.24) is 0 Å². The summed E-state index contributed by atoms with van der Waals surface area (Å²) in [5.74, 6) is -1.33. The van der Waals surface area contributed by atoms with Crippen LogP contribution in [0.15, 0.2) is 0 Å². The van der Waals surface area contributed by atoms with Gasteiger partial charge in [-0.25, -0.2) is 0 Å². The molecule has 2 unspecified atom stereocenters. The number of carbonyl (C=O) groups excluding carboxylic acids is 1. The second-order valence-corrected chi connectivity index (χ2v) is 4.44. The van der Waals surface area contributed by atoms with Gasteiger partial charge < -0.3 is 0 Å². The number of hydrogen-bond donors (Lipinski definition) is 0. The Kier molecular flexibility index (Phi) is 4.52. The van der Waals surface area contributed by atoms with Crippen molar-refractivity contribution in [3.05, 3.63) is 20.2 Å². The number of carbonyl (C=O) groups is 1. The fraction of sp³-hybridized carbons (Fsp3) is 0.889. The van der Waals surface area contributed by atoms with Crippen LogP contribution in [0.1, 0.15) is 34.1 Å². The topological polar surface area (TPSA) is 103 Å². The molecule has 7 heteroatoms. The van der Waals surface area contributed by atoms with Crippen LogP contribution >= 0.6 is 0 Å². The molecule has 16 heavy (non-hydrogen) atoms. The van der Waals surface area contributed by atoms with Crippen LogP contribution in [0.25, 0.3) is 0 Å². The standard InChI is InChI=1S/C9H16N2O5/c1-6(10(13)14)5-8(7(2)12)9(3,4)11(15)16/h6,8H,5H2,1-4H3. The third-order valence-corrected chi connectivity index (χ3v) is 2.75. The highest BCUT2D eigenvalue weighted by molar-refractivity contribution is 5.79. The van der Waals surface area contributed by atoms with Gasteiger partial charge >= 0.3 is 0 Å². The average Bonchev–Trinajstić information content (AvgIpc) is 2.12. The van der Waals surface area contributed by atoms with E-state index in [4.69, 9.17) is 0 Å². The Bertz CT molecular complexity index is 313. The summed E-state index contributed by atoms with van der Waals surface area (Å²) in [4.78, 5) is 31.5. The summed E-state index contributed by atoms with van der Waals surface area (Å²) < 4.78 is 0. The van der Waals surface area contributed by atoms with Crippen molar-refractivity contribution in [3.63, 3.8) is 0 Å². The predicted octanol–water partition coefficient (Wildman–Crippen LogP) is 1.30. The van der Waals surface area contributed by atoms with E-state index in [1.54, 1.807) is 0 Å². The van der Waals surface area contributed by atoms with Crippen LogP contribution in [0.5, 0.6) is 0 Å². The first kappa shape index (κ1) is 14.5. The summed E-state index contributed by atoms with van der Waals surface area (Å²) >= 11 is 0. The van der Waals surface area contributed by atoms with Crippen LogP contribution in [0.3, 0.4) is 0 Å². The summed E-state index contributed by atoms with van der Waals surface area (Å²) in [5.41, 5.74) is -1.48. The Morgan fingerprint density at radius 2 is 1.75 bits per heavy atom. The number of nitrogens with zero attached hydrogens (tertiary/aromatic N) is 2. The van der Waals surface area contributed by atoms with Crippen molar-refractivity contribution in [2.45, 2.75) is 45.7 Å². The zero-order valence-corrected chi connectivity index (χ0v) is 9.80. The van der Waals surface area contributed by atoms with E-state index in [-0.39, 0.29) is 6.42 Å². The first-order chi connectivity index (χ1) is 7.10. The quantitative estimate of drug-likeness (QED) is 0.507. The molecule has 0 bridgehead atoms. The molecule has 0 spiro atoms. The van der Waals surface area contributed by atoms with Gasteiger partial charge in [-0.15, -0.1) is 0 Å². The Balaban J connectivity index is 4.97. The number of ketones is 1. The summed E-state index contributed by atoms with van der Waals surface area (Å²) in [7, 11) is 0. The molecule has 0 saturated carbocycles. The molecule has 0 aromatic carbocycles. The Labute approximate surface area is 93.1 Å². The fourth-order valence-corrected chi connectivity index (χ4v) is 1.51. The van der Waals surface area contributed by atoms with E-state index in [0.717, 1.165) is 0 Å². The van der Waals surface area contributed by atoms with Crippen molar-refractivity contribution < 1.29 is 14.6 Å². The summed E-state index contributed by atoms with van der Waals surface area (Å²) in [6, 6.07) is -0.965. The molecule has 0 amide bonds. The highest BCUT2D eigenvalue weighted by atomic mass is 16.6. The number of rotatable bonds is 6. The van der Waals surface area contributed by atoms with Crippen LogP contribution in [0, 0.1) is 26.1 Å². The molecule has 0 N–H and O–H groups in total. The van der Waals surface area contributed by atoms with E-state index in [2.05, 4.69) is 0 Å². The number of Topliss-reactive ketones (excluding diaryl/α,β-unsaturated/α-hetero) is 1. The molecule has 0 aromatic rings. The Morgan fingerprint density at radius 3 is 2.00 bits per heavy atom. The highest BCUT2D eigenvalue weighted by Crippen LogP contribution is 2.26. The molecular formula is C9H16N2O5. The number of hydrogen-bond acceptors (Lipinski definition) is 5. The Morgan fingerprint density at radius 1 is 1.31 bits per heavy atom. The van der Waals surface area contributed by atoms with Crippen LogP contribution in [-0.4, -0.2) is 27.2 Å². The van der Waals surface area contributed by atoms with Crippen molar-refractivity contribution in [3.8, 4) is 0 Å². The van der Waals surface area contributed by atoms with Gasteiger partial charge in [0.15, 0.2) is 0 Å². The molecule has 2 atom stereocenters. The van der Waals surface area contributed by atoms with Gasteiger partial charge in [0.05, 0.1) is 5.92 Å². The van der Waals surface area contributed by atoms with E-state index in [1.165, 1.54) is 27.7 Å². The maximum absolute atomic E-state index is 11.3. The van der Waals surface area contributed by atoms with E-state index in [1.807, 2.05) is 0 Å². The van der Waals surface area contributed by atoms with E-state index in [0.29, 0.717) is 0 Å². The van der Waals surface area contributed by atoms with Gasteiger partial charge in [0, 0.05) is 37.0 Å². The maximum atomic E-state index is 11.3. The van der Waals surface area contributed by atoms with E-state index in [9.17, 15) is 25.0 Å². The minimum Gasteiger partial charge on any atom is -0.299 e. The molecule has 0 saturated heterocycles. The van der Waals surface area contributed by atoms with Gasteiger partial charge in [-0.3, -0.25) is 25.0 Å². The predicted molar refractivity (Wildman–Crippen MR) is 56.3 cm³/mol. The molecule has 92 valence electrons. The zero-order chi connectivity index (χ0) is 13.1. The van der Waals surface area contributed by atoms with Crippen LogP contribution in [-0.2, 0) is 4.79 Å². The third-order valence-electron chi connectivity index (χ3n) is 2.75. The molecule has 7 nitrogen and oxygen atoms in total. The normalized spacial score (nSPS) is 15.2. The maximum Gasteiger partial charge on any atom is 0.226 e. The molecule has 0 aliphatic heterocycles. The van der Waals surface area contributed by atoms with Crippen molar-refractivity contribution >= 4 is 5.78 Å². The third kappa shape index (κ3) is 3.25. The molecule has 0 fully saturated rings. The van der Waals surface area contributed by atoms with Gasteiger partial charge in [-0.1, -0.05) is 0 Å².